The molecule has 3 aromatic rings. The van der Waals surface area contributed by atoms with Gasteiger partial charge >= 0.3 is 0 Å². The van der Waals surface area contributed by atoms with Gasteiger partial charge in [0.15, 0.2) is 11.0 Å². The first kappa shape index (κ1) is 27.4. The van der Waals surface area contributed by atoms with Crippen LogP contribution >= 0.6 is 34.7 Å². The molecule has 0 spiro atoms. The third kappa shape index (κ3) is 6.28. The van der Waals surface area contributed by atoms with Gasteiger partial charge in [-0.05, 0) is 61.3 Å². The van der Waals surface area contributed by atoms with Gasteiger partial charge in [-0.25, -0.2) is 4.39 Å². The molecule has 1 aromatic carbocycles. The number of hydrogen-bond acceptors (Lipinski definition) is 7. The third-order valence-electron chi connectivity index (χ3n) is 6.55. The minimum atomic E-state index is -0.440. The van der Waals surface area contributed by atoms with Crippen LogP contribution in [0.1, 0.15) is 55.9 Å². The Morgan fingerprint density at radius 1 is 1.41 bits per heavy atom. The zero-order chi connectivity index (χ0) is 26.7. The maximum absolute atomic E-state index is 13.3. The van der Waals surface area contributed by atoms with Crippen molar-refractivity contribution in [3.05, 3.63) is 50.9 Å². The van der Waals surface area contributed by atoms with Crippen molar-refractivity contribution in [1.29, 1.82) is 5.26 Å². The van der Waals surface area contributed by atoms with E-state index < -0.39 is 5.82 Å². The van der Waals surface area contributed by atoms with Crippen molar-refractivity contribution >= 4 is 45.6 Å². The predicted molar refractivity (Wildman–Crippen MR) is 145 cm³/mol. The van der Waals surface area contributed by atoms with Crippen LogP contribution in [-0.2, 0) is 30.8 Å². The number of hydrogen-bond donors (Lipinski definition) is 1. The number of nitrogens with zero attached hydrogens (tertiary/aromatic N) is 4. The van der Waals surface area contributed by atoms with Crippen LogP contribution in [0, 0.1) is 28.5 Å². The second-order valence-corrected chi connectivity index (χ2v) is 12.4. The Morgan fingerprint density at radius 3 is 2.86 bits per heavy atom. The second kappa shape index (κ2) is 11.4. The van der Waals surface area contributed by atoms with Crippen LogP contribution in [-0.4, -0.2) is 26.4 Å². The first-order valence-corrected chi connectivity index (χ1v) is 14.3. The molecule has 1 atom stereocenters. The molecule has 0 saturated heterocycles. The number of nitrogens with one attached hydrogen (secondary N) is 1. The molecule has 0 saturated carbocycles. The van der Waals surface area contributed by atoms with Crippen molar-refractivity contribution in [3.63, 3.8) is 0 Å². The highest BCUT2D eigenvalue weighted by atomic mass is 35.5. The standard InChI is InChI=1S/C26H29ClFN5O2S2/c1-5-33-22(13-35-20-9-7-16(28)11-19(20)27)31-32-25(33)36-14-23(34)30-24-18(12-29)17-8-6-15(26(2,3)4)10-21(17)37-24/h7,9,11,15H,5-6,8,10,13-14H2,1-4H3,(H,30,34). The summed E-state index contributed by atoms with van der Waals surface area (Å²) >= 11 is 8.83. The molecule has 2 heterocycles. The predicted octanol–water partition coefficient (Wildman–Crippen LogP) is 6.48. The molecule has 4 rings (SSSR count). The third-order valence-corrected chi connectivity index (χ3v) is 8.98. The Morgan fingerprint density at radius 2 is 2.19 bits per heavy atom. The molecule has 1 unspecified atom stereocenters. The minimum Gasteiger partial charge on any atom is -0.484 e. The smallest absolute Gasteiger partial charge is 0.235 e. The number of carbonyl (C=O) groups is 1. The lowest BCUT2D eigenvalue weighted by Crippen LogP contribution is -2.26. The van der Waals surface area contributed by atoms with Crippen LogP contribution in [0.4, 0.5) is 9.39 Å². The van der Waals surface area contributed by atoms with Crippen LogP contribution < -0.4 is 10.1 Å². The van der Waals surface area contributed by atoms with Gasteiger partial charge in [0.25, 0.3) is 0 Å². The lowest BCUT2D eigenvalue weighted by molar-refractivity contribution is -0.113. The number of thiophene rings is 1. The van der Waals surface area contributed by atoms with Crippen molar-refractivity contribution in [2.24, 2.45) is 11.3 Å². The molecule has 1 N–H and O–H groups in total. The fourth-order valence-corrected chi connectivity index (χ4v) is 6.75. The van der Waals surface area contributed by atoms with Gasteiger partial charge in [-0.15, -0.1) is 21.5 Å². The fourth-order valence-electron chi connectivity index (χ4n) is 4.41. The summed E-state index contributed by atoms with van der Waals surface area (Å²) < 4.78 is 20.8. The average Bonchev–Trinajstić information content (AvgIpc) is 3.40. The topological polar surface area (TPSA) is 92.8 Å². The highest BCUT2D eigenvalue weighted by molar-refractivity contribution is 7.99. The molecule has 0 radical (unpaired) electrons. The second-order valence-electron chi connectivity index (χ2n) is 9.97. The Balaban J connectivity index is 1.38. The lowest BCUT2D eigenvalue weighted by Gasteiger charge is -2.33. The van der Waals surface area contributed by atoms with Crippen LogP contribution in [0.25, 0.3) is 0 Å². The largest absolute Gasteiger partial charge is 0.484 e. The number of nitriles is 1. The molecule has 2 aromatic heterocycles. The van der Waals surface area contributed by atoms with Crippen molar-refractivity contribution in [2.75, 3.05) is 11.1 Å². The van der Waals surface area contributed by atoms with Crippen LogP contribution in [0.3, 0.4) is 0 Å². The summed E-state index contributed by atoms with van der Waals surface area (Å²) in [6.45, 7) is 9.39. The molecule has 196 valence electrons. The normalized spacial score (nSPS) is 15.2. The maximum Gasteiger partial charge on any atom is 0.235 e. The Labute approximate surface area is 229 Å². The highest BCUT2D eigenvalue weighted by Crippen LogP contribution is 2.44. The van der Waals surface area contributed by atoms with Gasteiger partial charge in [-0.2, -0.15) is 5.26 Å². The molecular formula is C26H29ClFN5O2S2. The molecular weight excluding hydrogens is 533 g/mol. The van der Waals surface area contributed by atoms with E-state index in [-0.39, 0.29) is 28.7 Å². The summed E-state index contributed by atoms with van der Waals surface area (Å²) in [6.07, 6.45) is 2.86. The summed E-state index contributed by atoms with van der Waals surface area (Å²) in [6, 6.07) is 6.24. The van der Waals surface area contributed by atoms with Gasteiger partial charge < -0.3 is 14.6 Å². The van der Waals surface area contributed by atoms with E-state index in [0.717, 1.165) is 24.8 Å². The molecule has 0 aliphatic heterocycles. The summed E-state index contributed by atoms with van der Waals surface area (Å²) in [7, 11) is 0. The summed E-state index contributed by atoms with van der Waals surface area (Å²) in [5, 5.41) is 22.5. The van der Waals surface area contributed by atoms with Gasteiger partial charge in [-0.3, -0.25) is 4.79 Å². The van der Waals surface area contributed by atoms with Gasteiger partial charge in [0.1, 0.15) is 29.2 Å². The molecule has 7 nitrogen and oxygen atoms in total. The molecule has 37 heavy (non-hydrogen) atoms. The first-order valence-electron chi connectivity index (χ1n) is 12.1. The lowest BCUT2D eigenvalue weighted by atomic mass is 9.72. The van der Waals surface area contributed by atoms with E-state index in [1.54, 1.807) is 0 Å². The maximum atomic E-state index is 13.3. The van der Waals surface area contributed by atoms with Crippen LogP contribution in [0.15, 0.2) is 23.4 Å². The molecule has 1 amide bonds. The average molecular weight is 562 g/mol. The van der Waals surface area contributed by atoms with E-state index in [0.29, 0.717) is 39.8 Å². The molecule has 1 aliphatic carbocycles. The number of amides is 1. The van der Waals surface area contributed by atoms with Gasteiger partial charge in [-0.1, -0.05) is 44.1 Å². The van der Waals surface area contributed by atoms with Crippen molar-refractivity contribution < 1.29 is 13.9 Å². The van der Waals surface area contributed by atoms with E-state index in [2.05, 4.69) is 42.4 Å². The molecule has 0 fully saturated rings. The van der Waals surface area contributed by atoms with E-state index >= 15 is 0 Å². The van der Waals surface area contributed by atoms with Gasteiger partial charge in [0, 0.05) is 11.4 Å². The first-order chi connectivity index (χ1) is 17.6. The zero-order valence-electron chi connectivity index (χ0n) is 21.2. The fraction of sp³-hybridized carbons (Fsp3) is 0.462. The Bertz CT molecular complexity index is 1340. The number of thioether (sulfide) groups is 1. The minimum absolute atomic E-state index is 0.0980. The number of ether oxygens (including phenoxy) is 1. The molecule has 11 heteroatoms. The number of benzene rings is 1. The van der Waals surface area contributed by atoms with Crippen LogP contribution in [0.2, 0.25) is 5.02 Å². The highest BCUT2D eigenvalue weighted by Gasteiger charge is 2.32. The van der Waals surface area contributed by atoms with Crippen molar-refractivity contribution in [1.82, 2.24) is 14.8 Å². The number of anilines is 1. The van der Waals surface area contributed by atoms with E-state index in [1.807, 2.05) is 11.5 Å². The van der Waals surface area contributed by atoms with Crippen molar-refractivity contribution in [3.8, 4) is 11.8 Å². The van der Waals surface area contributed by atoms with Gasteiger partial charge in [0.2, 0.25) is 5.91 Å². The Kier molecular flexibility index (Phi) is 8.46. The number of rotatable bonds is 8. The number of aromatic nitrogens is 3. The summed E-state index contributed by atoms with van der Waals surface area (Å²) in [5.41, 5.74) is 1.90. The van der Waals surface area contributed by atoms with Crippen LogP contribution in [0.5, 0.6) is 5.75 Å². The number of halogens is 2. The van der Waals surface area contributed by atoms with E-state index in [4.69, 9.17) is 16.3 Å². The zero-order valence-corrected chi connectivity index (χ0v) is 23.6. The van der Waals surface area contributed by atoms with E-state index in [1.165, 1.54) is 46.2 Å². The number of fused-ring (bicyclic) bond motifs is 1. The molecule has 0 bridgehead atoms. The summed E-state index contributed by atoms with van der Waals surface area (Å²) in [4.78, 5) is 14.0. The van der Waals surface area contributed by atoms with Gasteiger partial charge in [0.05, 0.1) is 16.3 Å². The SMILES string of the molecule is CCn1c(COc2ccc(F)cc2Cl)nnc1SCC(=O)Nc1sc2c(c1C#N)CCC(C(C)(C)C)C2. The Hall–Kier alpha value is -2.61. The van der Waals surface area contributed by atoms with Crippen molar-refractivity contribution in [2.45, 2.75) is 65.3 Å². The number of carbonyl (C=O) groups excluding carboxylic acids is 1. The monoisotopic (exact) mass is 561 g/mol. The summed E-state index contributed by atoms with van der Waals surface area (Å²) in [5.74, 6) is 0.960. The quantitative estimate of drug-likeness (QED) is 0.316. The van der Waals surface area contributed by atoms with E-state index in [9.17, 15) is 14.4 Å². The molecule has 1 aliphatic rings.